The quantitative estimate of drug-likeness (QED) is 0.565. The van der Waals surface area contributed by atoms with E-state index in [1.54, 1.807) is 13.3 Å². The summed E-state index contributed by atoms with van der Waals surface area (Å²) >= 11 is 0. The first-order valence-electron chi connectivity index (χ1n) is 5.65. The Balaban J connectivity index is 3.06. The molecule has 0 fully saturated rings. The van der Waals surface area contributed by atoms with Crippen LogP contribution in [0.5, 0.6) is 0 Å². The van der Waals surface area contributed by atoms with Crippen LogP contribution in [0, 0.1) is 0 Å². The third kappa shape index (κ3) is 2.26. The van der Waals surface area contributed by atoms with Gasteiger partial charge in [0, 0.05) is 26.0 Å². The lowest BCUT2D eigenvalue weighted by Crippen LogP contribution is -2.46. The average Bonchev–Trinajstić information content (AvgIpc) is 2.77. The highest BCUT2D eigenvalue weighted by Gasteiger charge is 2.35. The molecular weight excluding hydrogens is 204 g/mol. The van der Waals surface area contributed by atoms with Gasteiger partial charge in [-0.25, -0.2) is 10.4 Å². The molecule has 0 aromatic carbocycles. The topological polar surface area (TPSA) is 65.1 Å². The zero-order chi connectivity index (χ0) is 12.2. The van der Waals surface area contributed by atoms with Gasteiger partial charge in [-0.2, -0.15) is 0 Å². The zero-order valence-electron chi connectivity index (χ0n) is 10.5. The molecule has 1 rings (SSSR count). The van der Waals surface area contributed by atoms with Crippen LogP contribution < -0.4 is 11.3 Å². The molecule has 5 nitrogen and oxygen atoms in total. The molecule has 92 valence electrons. The van der Waals surface area contributed by atoms with Crippen LogP contribution in [0.25, 0.3) is 0 Å². The molecule has 5 heteroatoms. The molecular formula is C11H22N4O. The van der Waals surface area contributed by atoms with E-state index in [0.717, 1.165) is 18.8 Å². The molecule has 2 unspecified atom stereocenters. The lowest BCUT2D eigenvalue weighted by Gasteiger charge is -2.34. The van der Waals surface area contributed by atoms with Crippen LogP contribution in [0.15, 0.2) is 12.4 Å². The third-order valence-corrected chi connectivity index (χ3v) is 3.29. The van der Waals surface area contributed by atoms with Crippen LogP contribution in [-0.4, -0.2) is 22.3 Å². The maximum atomic E-state index is 5.64. The summed E-state index contributed by atoms with van der Waals surface area (Å²) < 4.78 is 7.63. The summed E-state index contributed by atoms with van der Waals surface area (Å²) in [6.45, 7) is 7.06. The summed E-state index contributed by atoms with van der Waals surface area (Å²) in [5.74, 6) is 6.55. The van der Waals surface area contributed by atoms with Crippen molar-refractivity contribution in [3.05, 3.63) is 18.2 Å². The van der Waals surface area contributed by atoms with E-state index < -0.39 is 0 Å². The maximum absolute atomic E-state index is 5.64. The number of hydrogen-bond donors (Lipinski definition) is 2. The highest BCUT2D eigenvalue weighted by Crippen LogP contribution is 2.30. The van der Waals surface area contributed by atoms with Gasteiger partial charge < -0.3 is 9.30 Å². The predicted octanol–water partition coefficient (Wildman–Crippen LogP) is 1.22. The molecule has 16 heavy (non-hydrogen) atoms. The number of hydrogen-bond acceptors (Lipinski definition) is 4. The molecule has 1 aromatic rings. The van der Waals surface area contributed by atoms with Gasteiger partial charge in [0.05, 0.1) is 5.60 Å². The van der Waals surface area contributed by atoms with E-state index in [-0.39, 0.29) is 11.6 Å². The Morgan fingerprint density at radius 1 is 1.62 bits per heavy atom. The number of ether oxygens (including phenoxy) is 1. The monoisotopic (exact) mass is 226 g/mol. The summed E-state index contributed by atoms with van der Waals surface area (Å²) in [7, 11) is 1.70. The number of hydrazine groups is 1. The predicted molar refractivity (Wildman–Crippen MR) is 63.7 cm³/mol. The molecule has 1 heterocycles. The van der Waals surface area contributed by atoms with Crippen LogP contribution in [0.3, 0.4) is 0 Å². The van der Waals surface area contributed by atoms with Crippen molar-refractivity contribution >= 4 is 0 Å². The first kappa shape index (κ1) is 13.2. The lowest BCUT2D eigenvalue weighted by molar-refractivity contribution is -0.0331. The number of methoxy groups -OCH3 is 1. The first-order chi connectivity index (χ1) is 7.62. The van der Waals surface area contributed by atoms with E-state index in [0.29, 0.717) is 0 Å². The van der Waals surface area contributed by atoms with Crippen molar-refractivity contribution < 1.29 is 4.74 Å². The summed E-state index contributed by atoms with van der Waals surface area (Å²) in [6, 6.07) is -0.113. The Kier molecular flexibility index (Phi) is 4.46. The van der Waals surface area contributed by atoms with Gasteiger partial charge in [0.15, 0.2) is 0 Å². The van der Waals surface area contributed by atoms with E-state index in [1.807, 2.05) is 13.1 Å². The van der Waals surface area contributed by atoms with Gasteiger partial charge in [-0.05, 0) is 20.3 Å². The molecule has 0 spiro atoms. The minimum absolute atomic E-state index is 0.113. The molecule has 1 aromatic heterocycles. The summed E-state index contributed by atoms with van der Waals surface area (Å²) in [5.41, 5.74) is 2.46. The van der Waals surface area contributed by atoms with Crippen LogP contribution in [0.1, 0.15) is 39.1 Å². The Morgan fingerprint density at radius 2 is 2.31 bits per heavy atom. The standard InChI is InChI=1S/C11H22N4O/c1-5-11(3,16-4)9(14-12)10-13-7-8-15(10)6-2/h7-9,14H,5-6,12H2,1-4H3. The van der Waals surface area contributed by atoms with Crippen LogP contribution >= 0.6 is 0 Å². The van der Waals surface area contributed by atoms with Crippen molar-refractivity contribution in [2.75, 3.05) is 7.11 Å². The second kappa shape index (κ2) is 5.43. The van der Waals surface area contributed by atoms with Crippen molar-refractivity contribution in [3.63, 3.8) is 0 Å². The molecule has 0 radical (unpaired) electrons. The number of aromatic nitrogens is 2. The van der Waals surface area contributed by atoms with Gasteiger partial charge in [-0.1, -0.05) is 6.92 Å². The fourth-order valence-corrected chi connectivity index (χ4v) is 1.84. The average molecular weight is 226 g/mol. The van der Waals surface area contributed by atoms with Crippen molar-refractivity contribution in [2.45, 2.75) is 45.4 Å². The minimum Gasteiger partial charge on any atom is -0.376 e. The number of nitrogens with two attached hydrogens (primary N) is 1. The van der Waals surface area contributed by atoms with E-state index >= 15 is 0 Å². The second-order valence-electron chi connectivity index (χ2n) is 4.04. The molecule has 0 aliphatic rings. The Labute approximate surface area is 97.0 Å². The number of imidazole rings is 1. The number of aryl methyl sites for hydroxylation is 1. The molecule has 0 saturated carbocycles. The van der Waals surface area contributed by atoms with Crippen molar-refractivity contribution in [1.29, 1.82) is 0 Å². The van der Waals surface area contributed by atoms with Crippen LogP contribution in [0.2, 0.25) is 0 Å². The highest BCUT2D eigenvalue weighted by atomic mass is 16.5. The van der Waals surface area contributed by atoms with E-state index in [4.69, 9.17) is 10.6 Å². The normalized spacial score (nSPS) is 17.1. The third-order valence-electron chi connectivity index (χ3n) is 3.29. The Bertz CT molecular complexity index is 320. The fraction of sp³-hybridized carbons (Fsp3) is 0.727. The largest absolute Gasteiger partial charge is 0.376 e. The van der Waals surface area contributed by atoms with Gasteiger partial charge in [-0.3, -0.25) is 5.84 Å². The first-order valence-corrected chi connectivity index (χ1v) is 5.65. The summed E-state index contributed by atoms with van der Waals surface area (Å²) in [4.78, 5) is 4.36. The van der Waals surface area contributed by atoms with E-state index in [1.165, 1.54) is 0 Å². The molecule has 2 atom stereocenters. The van der Waals surface area contributed by atoms with E-state index in [2.05, 4.69) is 28.8 Å². The zero-order valence-corrected chi connectivity index (χ0v) is 10.5. The molecule has 3 N–H and O–H groups in total. The van der Waals surface area contributed by atoms with E-state index in [9.17, 15) is 0 Å². The van der Waals surface area contributed by atoms with Crippen molar-refractivity contribution in [2.24, 2.45) is 5.84 Å². The van der Waals surface area contributed by atoms with Gasteiger partial charge in [0.1, 0.15) is 11.9 Å². The SMILES string of the molecule is CCn1ccnc1C(NN)C(C)(CC)OC. The molecule has 0 aliphatic carbocycles. The molecule has 0 amide bonds. The van der Waals surface area contributed by atoms with Gasteiger partial charge >= 0.3 is 0 Å². The van der Waals surface area contributed by atoms with Crippen LogP contribution in [-0.2, 0) is 11.3 Å². The summed E-state index contributed by atoms with van der Waals surface area (Å²) in [5, 5.41) is 0. The molecule has 0 bridgehead atoms. The fourth-order valence-electron chi connectivity index (χ4n) is 1.84. The number of nitrogens with one attached hydrogen (secondary N) is 1. The van der Waals surface area contributed by atoms with Crippen molar-refractivity contribution in [3.8, 4) is 0 Å². The van der Waals surface area contributed by atoms with Crippen molar-refractivity contribution in [1.82, 2.24) is 15.0 Å². The van der Waals surface area contributed by atoms with Crippen LogP contribution in [0.4, 0.5) is 0 Å². The lowest BCUT2D eigenvalue weighted by atomic mass is 9.93. The minimum atomic E-state index is -0.354. The highest BCUT2D eigenvalue weighted by molar-refractivity contribution is 5.06. The van der Waals surface area contributed by atoms with Gasteiger partial charge in [-0.15, -0.1) is 0 Å². The summed E-state index contributed by atoms with van der Waals surface area (Å²) in [6.07, 6.45) is 4.59. The Hall–Kier alpha value is -0.910. The van der Waals surface area contributed by atoms with Gasteiger partial charge in [0.2, 0.25) is 0 Å². The Morgan fingerprint density at radius 3 is 2.75 bits per heavy atom. The molecule has 0 aliphatic heterocycles. The number of rotatable bonds is 6. The smallest absolute Gasteiger partial charge is 0.130 e. The number of nitrogens with zero attached hydrogens (tertiary/aromatic N) is 2. The second-order valence-corrected chi connectivity index (χ2v) is 4.04. The molecule has 0 saturated heterocycles. The maximum Gasteiger partial charge on any atom is 0.130 e. The van der Waals surface area contributed by atoms with Gasteiger partial charge in [0.25, 0.3) is 0 Å².